The number of halogens is 2. The normalized spacial score (nSPS) is 23.2. The van der Waals surface area contributed by atoms with E-state index in [2.05, 4.69) is 17.2 Å². The van der Waals surface area contributed by atoms with Crippen molar-refractivity contribution in [2.75, 3.05) is 11.1 Å². The first-order valence-electron chi connectivity index (χ1n) is 5.50. The summed E-state index contributed by atoms with van der Waals surface area (Å²) in [6.45, 7) is 2.12. The third kappa shape index (κ3) is 2.23. The third-order valence-electron chi connectivity index (χ3n) is 2.86. The number of aromatic nitrogens is 1. The molecule has 88 valence electrons. The average molecular weight is 227 g/mol. The molecule has 0 spiro atoms. The summed E-state index contributed by atoms with van der Waals surface area (Å²) < 4.78 is 26.2. The molecule has 3 nitrogen and oxygen atoms in total. The van der Waals surface area contributed by atoms with Gasteiger partial charge in [-0.1, -0.05) is 13.3 Å². The van der Waals surface area contributed by atoms with Gasteiger partial charge in [0.25, 0.3) is 0 Å². The predicted molar refractivity (Wildman–Crippen MR) is 59.0 cm³/mol. The van der Waals surface area contributed by atoms with Crippen molar-refractivity contribution in [3.63, 3.8) is 0 Å². The first-order valence-corrected chi connectivity index (χ1v) is 5.50. The van der Waals surface area contributed by atoms with Crippen LogP contribution in [0.15, 0.2) is 6.07 Å². The molecule has 0 saturated heterocycles. The summed E-state index contributed by atoms with van der Waals surface area (Å²) in [5.74, 6) is -1.13. The fraction of sp³-hybridized carbons (Fsp3) is 0.545. The van der Waals surface area contributed by atoms with E-state index in [-0.39, 0.29) is 17.7 Å². The SMILES string of the molecule is CCCC1CC1Nc1nc(N)c(F)cc1F. The van der Waals surface area contributed by atoms with E-state index < -0.39 is 11.6 Å². The summed E-state index contributed by atoms with van der Waals surface area (Å²) in [7, 11) is 0. The van der Waals surface area contributed by atoms with Crippen molar-refractivity contribution in [2.24, 2.45) is 5.92 Å². The smallest absolute Gasteiger partial charge is 0.168 e. The topological polar surface area (TPSA) is 50.9 Å². The summed E-state index contributed by atoms with van der Waals surface area (Å²) >= 11 is 0. The Labute approximate surface area is 93.1 Å². The number of pyridine rings is 1. The predicted octanol–water partition coefficient (Wildman–Crippen LogP) is 2.54. The molecule has 0 amide bonds. The minimum Gasteiger partial charge on any atom is -0.381 e. The highest BCUT2D eigenvalue weighted by molar-refractivity contribution is 5.46. The van der Waals surface area contributed by atoms with E-state index in [0.29, 0.717) is 5.92 Å². The Kier molecular flexibility index (Phi) is 2.94. The number of nitrogen functional groups attached to an aromatic ring is 1. The van der Waals surface area contributed by atoms with Crippen molar-refractivity contribution in [1.29, 1.82) is 0 Å². The molecule has 2 unspecified atom stereocenters. The fourth-order valence-electron chi connectivity index (χ4n) is 1.87. The maximum Gasteiger partial charge on any atom is 0.168 e. The minimum atomic E-state index is -0.816. The Balaban J connectivity index is 2.03. The highest BCUT2D eigenvalue weighted by Crippen LogP contribution is 2.37. The van der Waals surface area contributed by atoms with Crippen LogP contribution in [0.4, 0.5) is 20.4 Å². The van der Waals surface area contributed by atoms with Gasteiger partial charge in [-0.15, -0.1) is 0 Å². The second-order valence-corrected chi connectivity index (χ2v) is 4.22. The van der Waals surface area contributed by atoms with E-state index in [9.17, 15) is 8.78 Å². The number of hydrogen-bond acceptors (Lipinski definition) is 3. The summed E-state index contributed by atoms with van der Waals surface area (Å²) in [6, 6.07) is 1.02. The van der Waals surface area contributed by atoms with Crippen molar-refractivity contribution in [2.45, 2.75) is 32.2 Å². The molecule has 1 aliphatic rings. The average Bonchev–Trinajstić information content (AvgIpc) is 2.94. The van der Waals surface area contributed by atoms with E-state index in [0.717, 1.165) is 25.3 Å². The Morgan fingerprint density at radius 1 is 1.50 bits per heavy atom. The van der Waals surface area contributed by atoms with Crippen LogP contribution in [0.1, 0.15) is 26.2 Å². The number of anilines is 2. The number of nitrogens with one attached hydrogen (secondary N) is 1. The van der Waals surface area contributed by atoms with Crippen LogP contribution >= 0.6 is 0 Å². The zero-order valence-corrected chi connectivity index (χ0v) is 9.13. The molecule has 5 heteroatoms. The number of hydrogen-bond donors (Lipinski definition) is 2. The lowest BCUT2D eigenvalue weighted by molar-refractivity contribution is 0.578. The molecule has 0 aliphatic heterocycles. The second kappa shape index (κ2) is 4.23. The van der Waals surface area contributed by atoms with Gasteiger partial charge in [0.2, 0.25) is 0 Å². The first-order chi connectivity index (χ1) is 7.61. The standard InChI is InChI=1S/C11H15F2N3/c1-2-3-6-4-9(6)15-11-8(13)5-7(12)10(14)16-11/h5-6,9H,2-4H2,1H3,(H3,14,15,16). The minimum absolute atomic E-state index is 0.0579. The zero-order chi connectivity index (χ0) is 11.7. The molecular weight excluding hydrogens is 212 g/mol. The molecule has 1 aliphatic carbocycles. The van der Waals surface area contributed by atoms with Crippen LogP contribution in [0.2, 0.25) is 0 Å². The van der Waals surface area contributed by atoms with Crippen LogP contribution in [-0.4, -0.2) is 11.0 Å². The third-order valence-corrected chi connectivity index (χ3v) is 2.86. The molecule has 1 heterocycles. The second-order valence-electron chi connectivity index (χ2n) is 4.22. The zero-order valence-electron chi connectivity index (χ0n) is 9.13. The van der Waals surface area contributed by atoms with E-state index in [4.69, 9.17) is 5.73 Å². The number of rotatable bonds is 4. The van der Waals surface area contributed by atoms with Gasteiger partial charge in [0, 0.05) is 12.1 Å². The van der Waals surface area contributed by atoms with Gasteiger partial charge in [-0.05, 0) is 18.8 Å². The highest BCUT2D eigenvalue weighted by atomic mass is 19.1. The van der Waals surface area contributed by atoms with Crippen LogP contribution in [0.5, 0.6) is 0 Å². The Bertz CT molecular complexity index is 395. The first kappa shape index (κ1) is 11.1. The van der Waals surface area contributed by atoms with Gasteiger partial charge in [0.15, 0.2) is 23.3 Å². The van der Waals surface area contributed by atoms with Crippen molar-refractivity contribution in [3.05, 3.63) is 17.7 Å². The highest BCUT2D eigenvalue weighted by Gasteiger charge is 2.36. The number of nitrogens with zero attached hydrogens (tertiary/aromatic N) is 1. The Morgan fingerprint density at radius 2 is 2.25 bits per heavy atom. The summed E-state index contributed by atoms with van der Waals surface area (Å²) in [5, 5.41) is 2.95. The quantitative estimate of drug-likeness (QED) is 0.831. The van der Waals surface area contributed by atoms with Crippen molar-refractivity contribution in [3.8, 4) is 0 Å². The molecule has 1 fully saturated rings. The Morgan fingerprint density at radius 3 is 2.94 bits per heavy atom. The van der Waals surface area contributed by atoms with Crippen molar-refractivity contribution >= 4 is 11.6 Å². The number of nitrogens with two attached hydrogens (primary N) is 1. The summed E-state index contributed by atoms with van der Waals surface area (Å²) in [4.78, 5) is 3.66. The maximum atomic E-state index is 13.3. The Hall–Kier alpha value is -1.39. The lowest BCUT2D eigenvalue weighted by Crippen LogP contribution is -2.10. The van der Waals surface area contributed by atoms with E-state index in [1.54, 1.807) is 0 Å². The van der Waals surface area contributed by atoms with Crippen molar-refractivity contribution in [1.82, 2.24) is 4.98 Å². The monoisotopic (exact) mass is 227 g/mol. The van der Waals surface area contributed by atoms with Crippen LogP contribution in [0.3, 0.4) is 0 Å². The fourth-order valence-corrected chi connectivity index (χ4v) is 1.87. The van der Waals surface area contributed by atoms with E-state index >= 15 is 0 Å². The molecule has 1 aromatic rings. The maximum absolute atomic E-state index is 13.3. The van der Waals surface area contributed by atoms with Gasteiger partial charge < -0.3 is 11.1 Å². The molecule has 0 radical (unpaired) electrons. The van der Waals surface area contributed by atoms with Gasteiger partial charge >= 0.3 is 0 Å². The molecule has 1 saturated carbocycles. The van der Waals surface area contributed by atoms with Crippen molar-refractivity contribution < 1.29 is 8.78 Å². The lowest BCUT2D eigenvalue weighted by Gasteiger charge is -2.07. The van der Waals surface area contributed by atoms with Gasteiger partial charge in [0.05, 0.1) is 0 Å². The van der Waals surface area contributed by atoms with E-state index in [1.807, 2.05) is 0 Å². The van der Waals surface area contributed by atoms with Gasteiger partial charge in [-0.3, -0.25) is 0 Å². The van der Waals surface area contributed by atoms with Crippen LogP contribution in [-0.2, 0) is 0 Å². The molecule has 1 aromatic heterocycles. The van der Waals surface area contributed by atoms with Gasteiger partial charge in [-0.2, -0.15) is 0 Å². The van der Waals surface area contributed by atoms with Gasteiger partial charge in [0.1, 0.15) is 0 Å². The summed E-state index contributed by atoms with van der Waals surface area (Å²) in [6.07, 6.45) is 3.26. The molecule has 0 aromatic carbocycles. The molecule has 2 atom stereocenters. The van der Waals surface area contributed by atoms with Gasteiger partial charge in [-0.25, -0.2) is 13.8 Å². The van der Waals surface area contributed by atoms with Crippen LogP contribution in [0, 0.1) is 17.6 Å². The molecule has 3 N–H and O–H groups in total. The summed E-state index contributed by atoms with van der Waals surface area (Å²) in [5.41, 5.74) is 5.29. The molecule has 16 heavy (non-hydrogen) atoms. The largest absolute Gasteiger partial charge is 0.381 e. The molecule has 0 bridgehead atoms. The van der Waals surface area contributed by atoms with Crippen LogP contribution in [0.25, 0.3) is 0 Å². The molecule has 2 rings (SSSR count). The van der Waals surface area contributed by atoms with Crippen LogP contribution < -0.4 is 11.1 Å². The molecular formula is C11H15F2N3. The van der Waals surface area contributed by atoms with E-state index in [1.165, 1.54) is 0 Å². The lowest BCUT2D eigenvalue weighted by atomic mass is 10.2.